The second-order valence-corrected chi connectivity index (χ2v) is 6.79. The highest BCUT2D eigenvalue weighted by Crippen LogP contribution is 2.19. The van der Waals surface area contributed by atoms with E-state index in [1.54, 1.807) is 37.3 Å². The first-order valence-corrected chi connectivity index (χ1v) is 9.34. The Labute approximate surface area is 169 Å². The highest BCUT2D eigenvalue weighted by atomic mass is 19.1. The Morgan fingerprint density at radius 2 is 1.86 bits per heavy atom. The van der Waals surface area contributed by atoms with Crippen molar-refractivity contribution in [3.8, 4) is 11.6 Å². The van der Waals surface area contributed by atoms with Crippen LogP contribution in [0.1, 0.15) is 32.7 Å². The number of pyridine rings is 1. The minimum Gasteiger partial charge on any atom is -0.493 e. The smallest absolute Gasteiger partial charge is 0.251 e. The van der Waals surface area contributed by atoms with Crippen molar-refractivity contribution < 1.29 is 19.0 Å². The minimum atomic E-state index is -0.385. The lowest BCUT2D eigenvalue weighted by Crippen LogP contribution is -2.23. The molecule has 150 valence electrons. The summed E-state index contributed by atoms with van der Waals surface area (Å²) in [6, 6.07) is 15.3. The van der Waals surface area contributed by atoms with Gasteiger partial charge in [0.05, 0.1) is 6.61 Å². The number of para-hydroxylation sites is 1. The number of aromatic nitrogens is 1. The molecule has 0 fully saturated rings. The standard InChI is InChI=1S/C23H23FN2O3/c1-15-13-16(2)26-23(28)19(15)14-25-22(27)18-9-7-17(8-10-18)11-12-29-21-6-4-3-5-20(21)24/h3-10,13H,11-12,14H2,1-2H3,(H,25,27)(H,26,28). The van der Waals surface area contributed by atoms with Gasteiger partial charge in [0.15, 0.2) is 11.6 Å². The summed E-state index contributed by atoms with van der Waals surface area (Å²) < 4.78 is 19.0. The van der Waals surface area contributed by atoms with Crippen molar-refractivity contribution in [2.45, 2.75) is 26.8 Å². The topological polar surface area (TPSA) is 71.5 Å². The van der Waals surface area contributed by atoms with Gasteiger partial charge in [-0.3, -0.25) is 4.79 Å². The summed E-state index contributed by atoms with van der Waals surface area (Å²) >= 11 is 0. The van der Waals surface area contributed by atoms with Gasteiger partial charge in [0.2, 0.25) is 5.88 Å². The quantitative estimate of drug-likeness (QED) is 0.633. The fraction of sp³-hybridized carbons (Fsp3) is 0.217. The van der Waals surface area contributed by atoms with E-state index in [9.17, 15) is 14.3 Å². The number of hydrogen-bond acceptors (Lipinski definition) is 4. The number of aryl methyl sites for hydroxylation is 2. The number of halogens is 1. The van der Waals surface area contributed by atoms with Crippen LogP contribution in [-0.2, 0) is 13.0 Å². The molecule has 2 aromatic carbocycles. The van der Waals surface area contributed by atoms with Crippen molar-refractivity contribution in [2.75, 3.05) is 6.61 Å². The molecule has 2 N–H and O–H groups in total. The van der Waals surface area contributed by atoms with E-state index in [0.717, 1.165) is 16.8 Å². The normalized spacial score (nSPS) is 10.6. The number of hydrogen-bond donors (Lipinski definition) is 2. The average molecular weight is 394 g/mol. The zero-order valence-corrected chi connectivity index (χ0v) is 16.4. The van der Waals surface area contributed by atoms with Crippen molar-refractivity contribution in [3.63, 3.8) is 0 Å². The van der Waals surface area contributed by atoms with Crippen LogP contribution >= 0.6 is 0 Å². The van der Waals surface area contributed by atoms with Crippen LogP contribution in [0.4, 0.5) is 4.39 Å². The van der Waals surface area contributed by atoms with Gasteiger partial charge < -0.3 is 15.2 Å². The summed E-state index contributed by atoms with van der Waals surface area (Å²) in [6.07, 6.45) is 0.596. The van der Waals surface area contributed by atoms with Crippen LogP contribution in [0.3, 0.4) is 0 Å². The van der Waals surface area contributed by atoms with Gasteiger partial charge >= 0.3 is 0 Å². The molecule has 3 rings (SSSR count). The summed E-state index contributed by atoms with van der Waals surface area (Å²) in [6.45, 7) is 4.21. The van der Waals surface area contributed by atoms with E-state index in [1.165, 1.54) is 6.07 Å². The number of ether oxygens (including phenoxy) is 1. The van der Waals surface area contributed by atoms with E-state index in [2.05, 4.69) is 10.3 Å². The summed E-state index contributed by atoms with van der Waals surface area (Å²) in [5, 5.41) is 12.8. The zero-order valence-electron chi connectivity index (χ0n) is 16.4. The fourth-order valence-electron chi connectivity index (χ4n) is 3.00. The molecular weight excluding hydrogens is 371 g/mol. The Morgan fingerprint density at radius 3 is 2.55 bits per heavy atom. The van der Waals surface area contributed by atoms with Crippen LogP contribution in [0.25, 0.3) is 0 Å². The maximum Gasteiger partial charge on any atom is 0.251 e. The van der Waals surface area contributed by atoms with Crippen molar-refractivity contribution in [3.05, 3.63) is 88.4 Å². The first kappa shape index (κ1) is 20.3. The van der Waals surface area contributed by atoms with E-state index in [-0.39, 0.29) is 29.9 Å². The van der Waals surface area contributed by atoms with E-state index in [0.29, 0.717) is 24.2 Å². The van der Waals surface area contributed by atoms with Crippen molar-refractivity contribution in [1.82, 2.24) is 10.3 Å². The van der Waals surface area contributed by atoms with Crippen molar-refractivity contribution in [1.29, 1.82) is 0 Å². The SMILES string of the molecule is Cc1cc(C)c(CNC(=O)c2ccc(CCOc3ccccc3F)cc2)c(O)n1. The van der Waals surface area contributed by atoms with Gasteiger partial charge in [0, 0.05) is 29.8 Å². The van der Waals surface area contributed by atoms with Gasteiger partial charge in [-0.2, -0.15) is 0 Å². The molecule has 0 unspecified atom stereocenters. The Bertz CT molecular complexity index is 980. The summed E-state index contributed by atoms with van der Waals surface area (Å²) in [5.74, 6) is -0.455. The summed E-state index contributed by atoms with van der Waals surface area (Å²) in [7, 11) is 0. The summed E-state index contributed by atoms with van der Waals surface area (Å²) in [4.78, 5) is 16.4. The molecule has 0 spiro atoms. The second-order valence-electron chi connectivity index (χ2n) is 6.79. The molecular formula is C23H23FN2O3. The number of amides is 1. The molecule has 1 amide bonds. The van der Waals surface area contributed by atoms with Gasteiger partial charge in [0.1, 0.15) is 0 Å². The highest BCUT2D eigenvalue weighted by molar-refractivity contribution is 5.94. The van der Waals surface area contributed by atoms with E-state index < -0.39 is 0 Å². The second kappa shape index (κ2) is 9.19. The third kappa shape index (κ3) is 5.31. The number of benzene rings is 2. The Kier molecular flexibility index (Phi) is 6.44. The van der Waals surface area contributed by atoms with E-state index in [1.807, 2.05) is 25.1 Å². The van der Waals surface area contributed by atoms with Crippen LogP contribution in [0, 0.1) is 19.7 Å². The highest BCUT2D eigenvalue weighted by Gasteiger charge is 2.11. The predicted molar refractivity (Wildman–Crippen MR) is 109 cm³/mol. The van der Waals surface area contributed by atoms with Crippen LogP contribution in [0.15, 0.2) is 54.6 Å². The first-order chi connectivity index (χ1) is 13.9. The van der Waals surface area contributed by atoms with Gasteiger partial charge in [-0.1, -0.05) is 24.3 Å². The first-order valence-electron chi connectivity index (χ1n) is 9.34. The Hall–Kier alpha value is -3.41. The number of carbonyl (C=O) groups excluding carboxylic acids is 1. The van der Waals surface area contributed by atoms with Crippen LogP contribution < -0.4 is 10.1 Å². The van der Waals surface area contributed by atoms with Crippen LogP contribution in [0.5, 0.6) is 11.6 Å². The molecule has 1 heterocycles. The number of aromatic hydroxyl groups is 1. The Morgan fingerprint density at radius 1 is 1.14 bits per heavy atom. The number of carbonyl (C=O) groups is 1. The van der Waals surface area contributed by atoms with Crippen molar-refractivity contribution >= 4 is 5.91 Å². The molecule has 0 saturated carbocycles. The number of rotatable bonds is 7. The van der Waals surface area contributed by atoms with Gasteiger partial charge in [-0.25, -0.2) is 9.37 Å². The molecule has 0 bridgehead atoms. The predicted octanol–water partition coefficient (Wildman–Crippen LogP) is 4.09. The summed E-state index contributed by atoms with van der Waals surface area (Å²) in [5.41, 5.74) is 3.70. The average Bonchev–Trinajstić information content (AvgIpc) is 2.69. The maximum atomic E-state index is 13.5. The Balaban J connectivity index is 1.53. The third-order valence-corrected chi connectivity index (χ3v) is 4.58. The molecule has 3 aromatic rings. The van der Waals surface area contributed by atoms with Crippen molar-refractivity contribution in [2.24, 2.45) is 0 Å². The third-order valence-electron chi connectivity index (χ3n) is 4.58. The lowest BCUT2D eigenvalue weighted by atomic mass is 10.1. The molecule has 0 aliphatic heterocycles. The largest absolute Gasteiger partial charge is 0.493 e. The molecule has 1 aromatic heterocycles. The lowest BCUT2D eigenvalue weighted by molar-refractivity contribution is 0.0950. The molecule has 0 aliphatic rings. The minimum absolute atomic E-state index is 0.0620. The van der Waals surface area contributed by atoms with Gasteiger partial charge in [-0.15, -0.1) is 0 Å². The number of nitrogens with zero attached hydrogens (tertiary/aromatic N) is 1. The van der Waals surface area contributed by atoms with E-state index in [4.69, 9.17) is 4.74 Å². The van der Waals surface area contributed by atoms with Gasteiger partial charge in [0.25, 0.3) is 5.91 Å². The maximum absolute atomic E-state index is 13.5. The number of nitrogens with one attached hydrogen (secondary N) is 1. The van der Waals surface area contributed by atoms with Crippen LogP contribution in [0.2, 0.25) is 0 Å². The van der Waals surface area contributed by atoms with Gasteiger partial charge in [-0.05, 0) is 55.3 Å². The van der Waals surface area contributed by atoms with Crippen LogP contribution in [-0.4, -0.2) is 22.6 Å². The lowest BCUT2D eigenvalue weighted by Gasteiger charge is -2.11. The molecule has 29 heavy (non-hydrogen) atoms. The monoisotopic (exact) mass is 394 g/mol. The zero-order chi connectivity index (χ0) is 20.8. The van der Waals surface area contributed by atoms with E-state index >= 15 is 0 Å². The molecule has 0 saturated heterocycles. The molecule has 0 atom stereocenters. The molecule has 6 heteroatoms. The molecule has 0 aliphatic carbocycles. The molecule has 5 nitrogen and oxygen atoms in total. The fourth-order valence-corrected chi connectivity index (χ4v) is 3.00. The molecule has 0 radical (unpaired) electrons.